The van der Waals surface area contributed by atoms with E-state index in [1.54, 1.807) is 18.7 Å². The second kappa shape index (κ2) is 8.93. The molecule has 1 aromatic heterocycles. The first kappa shape index (κ1) is 20.0. The van der Waals surface area contributed by atoms with Crippen molar-refractivity contribution in [1.29, 1.82) is 5.26 Å². The SMILES string of the molecule is COc1ccc(CCC(=O)OC/C(O)=C(\C#N)c2nc3ccccc3n2C)cc1. The number of hydrogen-bond acceptors (Lipinski definition) is 6. The number of methoxy groups -OCH3 is 1. The van der Waals surface area contributed by atoms with Crippen LogP contribution in [0.4, 0.5) is 0 Å². The second-order valence-electron chi connectivity index (χ2n) is 6.43. The number of nitrogens with zero attached hydrogens (tertiary/aromatic N) is 3. The van der Waals surface area contributed by atoms with Gasteiger partial charge in [0, 0.05) is 13.5 Å². The molecule has 0 bridgehead atoms. The minimum absolute atomic E-state index is 0.0216. The van der Waals surface area contributed by atoms with Crippen molar-refractivity contribution in [3.8, 4) is 11.8 Å². The molecular weight excluding hydrogens is 370 g/mol. The van der Waals surface area contributed by atoms with Crippen molar-refractivity contribution in [2.45, 2.75) is 12.8 Å². The molecule has 0 unspecified atom stereocenters. The molecule has 0 saturated carbocycles. The van der Waals surface area contributed by atoms with E-state index in [0.29, 0.717) is 17.8 Å². The standard InChI is InChI=1S/C22H21N3O4/c1-25-19-6-4-3-5-18(19)24-22(25)17(13-23)20(26)14-29-21(27)12-9-15-7-10-16(28-2)11-8-15/h3-8,10-11,26H,9,12,14H2,1-2H3/b20-17-. The molecule has 0 aliphatic carbocycles. The fourth-order valence-corrected chi connectivity index (χ4v) is 2.94. The van der Waals surface area contributed by atoms with Gasteiger partial charge in [-0.2, -0.15) is 5.26 Å². The Kier molecular flexibility index (Phi) is 6.15. The van der Waals surface area contributed by atoms with Crippen LogP contribution in [-0.4, -0.2) is 34.3 Å². The number of para-hydroxylation sites is 2. The van der Waals surface area contributed by atoms with Gasteiger partial charge in [0.2, 0.25) is 0 Å². The number of imidazole rings is 1. The first-order valence-corrected chi connectivity index (χ1v) is 9.06. The number of aromatic nitrogens is 2. The number of benzene rings is 2. The van der Waals surface area contributed by atoms with Crippen LogP contribution < -0.4 is 4.74 Å². The van der Waals surface area contributed by atoms with Gasteiger partial charge in [0.1, 0.15) is 24.0 Å². The summed E-state index contributed by atoms with van der Waals surface area (Å²) in [5, 5.41) is 19.8. The minimum atomic E-state index is -0.463. The predicted octanol–water partition coefficient (Wildman–Crippen LogP) is 3.55. The van der Waals surface area contributed by atoms with Crippen LogP contribution in [0.25, 0.3) is 16.6 Å². The molecule has 0 radical (unpaired) electrons. The van der Waals surface area contributed by atoms with Crippen molar-refractivity contribution in [3.05, 3.63) is 65.7 Å². The summed E-state index contributed by atoms with van der Waals surface area (Å²) in [4.78, 5) is 16.4. The first-order valence-electron chi connectivity index (χ1n) is 9.06. The van der Waals surface area contributed by atoms with Crippen LogP contribution in [0.15, 0.2) is 54.3 Å². The maximum Gasteiger partial charge on any atom is 0.306 e. The molecule has 7 heteroatoms. The lowest BCUT2D eigenvalue weighted by atomic mass is 10.1. The molecule has 3 aromatic rings. The van der Waals surface area contributed by atoms with E-state index in [0.717, 1.165) is 16.8 Å². The van der Waals surface area contributed by atoms with Gasteiger partial charge in [-0.3, -0.25) is 4.79 Å². The van der Waals surface area contributed by atoms with Crippen LogP contribution >= 0.6 is 0 Å². The lowest BCUT2D eigenvalue weighted by molar-refractivity contribution is -0.143. The summed E-state index contributed by atoms with van der Waals surface area (Å²) >= 11 is 0. The summed E-state index contributed by atoms with van der Waals surface area (Å²) in [6, 6.07) is 16.8. The number of aryl methyl sites for hydroxylation is 2. The van der Waals surface area contributed by atoms with Crippen LogP contribution in [0, 0.1) is 11.3 Å². The van der Waals surface area contributed by atoms with E-state index >= 15 is 0 Å². The van der Waals surface area contributed by atoms with E-state index in [1.807, 2.05) is 54.6 Å². The molecule has 1 heterocycles. The van der Waals surface area contributed by atoms with Gasteiger partial charge < -0.3 is 19.1 Å². The van der Waals surface area contributed by atoms with Crippen LogP contribution in [0.5, 0.6) is 5.75 Å². The third-order valence-electron chi connectivity index (χ3n) is 4.56. The largest absolute Gasteiger partial charge is 0.507 e. The fourth-order valence-electron chi connectivity index (χ4n) is 2.94. The van der Waals surface area contributed by atoms with Gasteiger partial charge in [-0.15, -0.1) is 0 Å². The maximum atomic E-state index is 12.0. The molecular formula is C22H21N3O4. The van der Waals surface area contributed by atoms with Crippen molar-refractivity contribution in [1.82, 2.24) is 9.55 Å². The normalized spacial score (nSPS) is 11.6. The minimum Gasteiger partial charge on any atom is -0.507 e. The number of carbonyl (C=O) groups is 1. The van der Waals surface area contributed by atoms with Gasteiger partial charge in [-0.05, 0) is 36.2 Å². The highest BCUT2D eigenvalue weighted by molar-refractivity contribution is 5.84. The molecule has 0 aliphatic heterocycles. The van der Waals surface area contributed by atoms with Crippen molar-refractivity contribution >= 4 is 22.6 Å². The number of rotatable bonds is 7. The smallest absolute Gasteiger partial charge is 0.306 e. The molecule has 0 spiro atoms. The summed E-state index contributed by atoms with van der Waals surface area (Å²) in [6.45, 7) is -0.381. The number of hydrogen-bond donors (Lipinski definition) is 1. The summed E-state index contributed by atoms with van der Waals surface area (Å²) in [6.07, 6.45) is 0.664. The maximum absolute atomic E-state index is 12.0. The number of allylic oxidation sites excluding steroid dienone is 1. The highest BCUT2D eigenvalue weighted by Crippen LogP contribution is 2.22. The molecule has 0 aliphatic rings. The fraction of sp³-hybridized carbons (Fsp3) is 0.227. The van der Waals surface area contributed by atoms with Gasteiger partial charge in [0.25, 0.3) is 0 Å². The molecule has 1 N–H and O–H groups in total. The molecule has 2 aromatic carbocycles. The molecule has 3 rings (SSSR count). The average Bonchev–Trinajstić information content (AvgIpc) is 3.08. The quantitative estimate of drug-likeness (QED) is 0.376. The third-order valence-corrected chi connectivity index (χ3v) is 4.56. The number of aliphatic hydroxyl groups excluding tert-OH is 1. The Morgan fingerprint density at radius 2 is 1.93 bits per heavy atom. The molecule has 7 nitrogen and oxygen atoms in total. The van der Waals surface area contributed by atoms with Gasteiger partial charge in [0.15, 0.2) is 11.6 Å². The predicted molar refractivity (Wildman–Crippen MR) is 108 cm³/mol. The van der Waals surface area contributed by atoms with Crippen LogP contribution in [0.3, 0.4) is 0 Å². The molecule has 0 amide bonds. The number of ether oxygens (including phenoxy) is 2. The zero-order valence-corrected chi connectivity index (χ0v) is 16.3. The first-order chi connectivity index (χ1) is 14.0. The Bertz CT molecular complexity index is 1090. The molecule has 0 atom stereocenters. The van der Waals surface area contributed by atoms with Crippen molar-refractivity contribution in [3.63, 3.8) is 0 Å². The lowest BCUT2D eigenvalue weighted by Gasteiger charge is -2.07. The van der Waals surface area contributed by atoms with E-state index in [9.17, 15) is 15.2 Å². The number of nitriles is 1. The highest BCUT2D eigenvalue weighted by atomic mass is 16.5. The summed E-state index contributed by atoms with van der Waals surface area (Å²) in [5.74, 6) is 0.274. The summed E-state index contributed by atoms with van der Waals surface area (Å²) < 4.78 is 11.9. The Labute approximate surface area is 168 Å². The highest BCUT2D eigenvalue weighted by Gasteiger charge is 2.17. The summed E-state index contributed by atoms with van der Waals surface area (Å²) in [5.41, 5.74) is 2.49. The Balaban J connectivity index is 1.64. The van der Waals surface area contributed by atoms with Gasteiger partial charge in [-0.1, -0.05) is 24.3 Å². The molecule has 0 saturated heterocycles. The van der Waals surface area contributed by atoms with Crippen molar-refractivity contribution < 1.29 is 19.4 Å². The molecule has 29 heavy (non-hydrogen) atoms. The molecule has 148 valence electrons. The van der Waals surface area contributed by atoms with E-state index in [2.05, 4.69) is 4.98 Å². The third kappa shape index (κ3) is 4.55. The number of esters is 1. The van der Waals surface area contributed by atoms with Gasteiger partial charge in [0.05, 0.1) is 18.1 Å². The number of aliphatic hydroxyl groups is 1. The zero-order chi connectivity index (χ0) is 20.8. The molecule has 0 fully saturated rings. The zero-order valence-electron chi connectivity index (χ0n) is 16.3. The summed E-state index contributed by atoms with van der Waals surface area (Å²) in [7, 11) is 3.35. The van der Waals surface area contributed by atoms with E-state index in [4.69, 9.17) is 9.47 Å². The Morgan fingerprint density at radius 1 is 1.21 bits per heavy atom. The van der Waals surface area contributed by atoms with Crippen molar-refractivity contribution in [2.75, 3.05) is 13.7 Å². The van der Waals surface area contributed by atoms with Crippen LogP contribution in [0.1, 0.15) is 17.8 Å². The Hall–Kier alpha value is -3.79. The van der Waals surface area contributed by atoms with Crippen LogP contribution in [-0.2, 0) is 23.0 Å². The van der Waals surface area contributed by atoms with Gasteiger partial charge in [-0.25, -0.2) is 4.98 Å². The number of fused-ring (bicyclic) bond motifs is 1. The van der Waals surface area contributed by atoms with E-state index < -0.39 is 5.97 Å². The topological polar surface area (TPSA) is 97.4 Å². The van der Waals surface area contributed by atoms with Crippen LogP contribution in [0.2, 0.25) is 0 Å². The second-order valence-corrected chi connectivity index (χ2v) is 6.43. The number of carbonyl (C=O) groups excluding carboxylic acids is 1. The average molecular weight is 391 g/mol. The monoisotopic (exact) mass is 391 g/mol. The van der Waals surface area contributed by atoms with E-state index in [1.165, 1.54) is 0 Å². The van der Waals surface area contributed by atoms with Gasteiger partial charge >= 0.3 is 5.97 Å². The lowest BCUT2D eigenvalue weighted by Crippen LogP contribution is -2.10. The van der Waals surface area contributed by atoms with E-state index in [-0.39, 0.29) is 24.4 Å². The Morgan fingerprint density at radius 3 is 2.59 bits per heavy atom. The van der Waals surface area contributed by atoms with Crippen molar-refractivity contribution in [2.24, 2.45) is 7.05 Å².